The highest BCUT2D eigenvalue weighted by Gasteiger charge is 2.09. The topological polar surface area (TPSA) is 20.2 Å². The van der Waals surface area contributed by atoms with Crippen LogP contribution in [0.15, 0.2) is 18.2 Å². The number of aliphatic hydroxyl groups is 1. The maximum Gasteiger partial charge on any atom is 0.132 e. The number of hydrogen-bond acceptors (Lipinski definition) is 1. The van der Waals surface area contributed by atoms with Crippen molar-refractivity contribution in [1.82, 2.24) is 0 Å². The van der Waals surface area contributed by atoms with E-state index >= 15 is 0 Å². The van der Waals surface area contributed by atoms with E-state index < -0.39 is 0 Å². The van der Waals surface area contributed by atoms with Crippen LogP contribution in [0.25, 0.3) is 0 Å². The van der Waals surface area contributed by atoms with Gasteiger partial charge in [-0.05, 0) is 11.5 Å². The molecule has 0 bridgehead atoms. The summed E-state index contributed by atoms with van der Waals surface area (Å²) in [4.78, 5) is 0. The molecule has 0 amide bonds. The summed E-state index contributed by atoms with van der Waals surface area (Å²) >= 11 is 0. The molecular formula is C10H12FO. The van der Waals surface area contributed by atoms with Crippen molar-refractivity contribution >= 4 is 0 Å². The summed E-state index contributed by atoms with van der Waals surface area (Å²) in [5, 5.41) is 8.66. The van der Waals surface area contributed by atoms with Crippen molar-refractivity contribution in [3.63, 3.8) is 0 Å². The summed E-state index contributed by atoms with van der Waals surface area (Å²) in [6, 6.07) is 5.01. The second-order valence-corrected chi connectivity index (χ2v) is 3.03. The van der Waals surface area contributed by atoms with Gasteiger partial charge in [-0.2, -0.15) is 0 Å². The molecule has 2 heteroatoms. The van der Waals surface area contributed by atoms with Crippen molar-refractivity contribution in [2.45, 2.75) is 19.8 Å². The number of benzene rings is 1. The fourth-order valence-electron chi connectivity index (χ4n) is 1.11. The van der Waals surface area contributed by atoms with Crippen LogP contribution in [-0.2, 0) is 0 Å². The summed E-state index contributed by atoms with van der Waals surface area (Å²) in [6.45, 7) is 4.63. The van der Waals surface area contributed by atoms with E-state index in [1.807, 2.05) is 13.8 Å². The zero-order chi connectivity index (χ0) is 9.14. The highest BCUT2D eigenvalue weighted by Crippen LogP contribution is 2.21. The van der Waals surface area contributed by atoms with Crippen LogP contribution in [0.5, 0.6) is 0 Å². The third-order valence-corrected chi connectivity index (χ3v) is 1.82. The lowest BCUT2D eigenvalue weighted by Crippen LogP contribution is -1.96. The standard InChI is InChI=1S/C10H12FO/c1-7(2)9-5-3-4-8(6-12)10(9)11/h3-7,12H,1-2H3. The number of aliphatic hydroxyl groups excluding tert-OH is 1. The van der Waals surface area contributed by atoms with E-state index in [-0.39, 0.29) is 17.3 Å². The second-order valence-electron chi connectivity index (χ2n) is 3.03. The summed E-state index contributed by atoms with van der Waals surface area (Å²) < 4.78 is 13.3. The van der Waals surface area contributed by atoms with Gasteiger partial charge >= 0.3 is 0 Å². The van der Waals surface area contributed by atoms with Gasteiger partial charge in [0.05, 0.1) is 0 Å². The fourth-order valence-corrected chi connectivity index (χ4v) is 1.11. The van der Waals surface area contributed by atoms with Gasteiger partial charge in [0, 0.05) is 5.56 Å². The lowest BCUT2D eigenvalue weighted by atomic mass is 10.0. The van der Waals surface area contributed by atoms with Gasteiger partial charge < -0.3 is 5.11 Å². The second kappa shape index (κ2) is 3.68. The molecule has 0 unspecified atom stereocenters. The maximum absolute atomic E-state index is 13.3. The van der Waals surface area contributed by atoms with Gasteiger partial charge in [-0.15, -0.1) is 0 Å². The Kier molecular flexibility index (Phi) is 2.82. The first kappa shape index (κ1) is 9.20. The zero-order valence-electron chi connectivity index (χ0n) is 7.21. The lowest BCUT2D eigenvalue weighted by Gasteiger charge is -2.08. The Morgan fingerprint density at radius 3 is 2.58 bits per heavy atom. The minimum atomic E-state index is -0.324. The van der Waals surface area contributed by atoms with Gasteiger partial charge in [-0.1, -0.05) is 32.0 Å². The smallest absolute Gasteiger partial charge is 0.132 e. The Hall–Kier alpha value is -0.890. The van der Waals surface area contributed by atoms with Crippen LogP contribution in [0.2, 0.25) is 0 Å². The normalized spacial score (nSPS) is 10.8. The van der Waals surface area contributed by atoms with Gasteiger partial charge in [0.2, 0.25) is 0 Å². The van der Waals surface area contributed by atoms with E-state index in [0.717, 1.165) is 6.61 Å². The molecule has 1 aromatic rings. The van der Waals surface area contributed by atoms with E-state index in [0.29, 0.717) is 5.56 Å². The van der Waals surface area contributed by atoms with Crippen LogP contribution in [0.1, 0.15) is 30.9 Å². The van der Waals surface area contributed by atoms with E-state index in [1.165, 1.54) is 0 Å². The molecule has 0 aromatic heterocycles. The molecule has 1 rings (SSSR count). The molecule has 12 heavy (non-hydrogen) atoms. The first-order valence-corrected chi connectivity index (χ1v) is 3.92. The molecule has 0 aliphatic carbocycles. The molecule has 1 N–H and O–H groups in total. The van der Waals surface area contributed by atoms with Crippen molar-refractivity contribution < 1.29 is 9.50 Å². The van der Waals surface area contributed by atoms with Crippen LogP contribution in [-0.4, -0.2) is 5.11 Å². The molecule has 0 atom stereocenters. The Labute approximate surface area is 71.9 Å². The van der Waals surface area contributed by atoms with Crippen molar-refractivity contribution in [1.29, 1.82) is 0 Å². The van der Waals surface area contributed by atoms with Crippen LogP contribution >= 0.6 is 0 Å². The monoisotopic (exact) mass is 167 g/mol. The molecule has 0 fully saturated rings. The molecular weight excluding hydrogens is 155 g/mol. The van der Waals surface area contributed by atoms with Crippen molar-refractivity contribution in [3.05, 3.63) is 41.8 Å². The van der Waals surface area contributed by atoms with E-state index in [9.17, 15) is 4.39 Å². The van der Waals surface area contributed by atoms with Crippen LogP contribution in [0, 0.1) is 12.4 Å². The first-order valence-electron chi connectivity index (χ1n) is 3.92. The quantitative estimate of drug-likeness (QED) is 0.718. The molecule has 1 aromatic carbocycles. The fraction of sp³-hybridized carbons (Fsp3) is 0.300. The minimum absolute atomic E-state index is 0.143. The lowest BCUT2D eigenvalue weighted by molar-refractivity contribution is 0.406. The third-order valence-electron chi connectivity index (χ3n) is 1.82. The zero-order valence-corrected chi connectivity index (χ0v) is 7.21. The van der Waals surface area contributed by atoms with Gasteiger partial charge in [0.1, 0.15) is 12.4 Å². The molecule has 0 heterocycles. The number of rotatable bonds is 2. The molecule has 0 saturated heterocycles. The molecule has 0 aliphatic rings. The van der Waals surface area contributed by atoms with Crippen LogP contribution in [0.4, 0.5) is 4.39 Å². The van der Waals surface area contributed by atoms with Crippen LogP contribution in [0.3, 0.4) is 0 Å². The van der Waals surface area contributed by atoms with Crippen LogP contribution < -0.4 is 0 Å². The van der Waals surface area contributed by atoms with Gasteiger partial charge in [0.25, 0.3) is 0 Å². The van der Waals surface area contributed by atoms with E-state index in [1.54, 1.807) is 18.2 Å². The predicted molar refractivity (Wildman–Crippen MR) is 45.8 cm³/mol. The number of halogens is 1. The van der Waals surface area contributed by atoms with Crippen molar-refractivity contribution in [2.75, 3.05) is 0 Å². The van der Waals surface area contributed by atoms with Crippen molar-refractivity contribution in [2.24, 2.45) is 0 Å². The predicted octanol–water partition coefficient (Wildman–Crippen LogP) is 2.83. The van der Waals surface area contributed by atoms with Gasteiger partial charge in [0.15, 0.2) is 0 Å². The molecule has 1 radical (unpaired) electrons. The number of hydrogen-bond donors (Lipinski definition) is 1. The average Bonchev–Trinajstić information content (AvgIpc) is 2.04. The first-order chi connectivity index (χ1) is 5.66. The average molecular weight is 167 g/mol. The highest BCUT2D eigenvalue weighted by atomic mass is 19.1. The minimum Gasteiger partial charge on any atom is -0.385 e. The Bertz CT molecular complexity index is 269. The molecule has 65 valence electrons. The molecule has 1 nitrogen and oxygen atoms in total. The van der Waals surface area contributed by atoms with Gasteiger partial charge in [-0.3, -0.25) is 0 Å². The van der Waals surface area contributed by atoms with Gasteiger partial charge in [-0.25, -0.2) is 4.39 Å². The SMILES string of the molecule is CC(C)c1cccc([CH]O)c1F. The Balaban J connectivity index is 3.14. The van der Waals surface area contributed by atoms with E-state index in [2.05, 4.69) is 0 Å². The largest absolute Gasteiger partial charge is 0.385 e. The van der Waals surface area contributed by atoms with Crippen molar-refractivity contribution in [3.8, 4) is 0 Å². The summed E-state index contributed by atoms with van der Waals surface area (Å²) in [5.74, 6) is -0.181. The van der Waals surface area contributed by atoms with E-state index in [4.69, 9.17) is 5.11 Å². The Morgan fingerprint density at radius 1 is 1.42 bits per heavy atom. The summed E-state index contributed by atoms with van der Waals surface area (Å²) in [5.41, 5.74) is 0.888. The molecule has 0 spiro atoms. The summed E-state index contributed by atoms with van der Waals surface area (Å²) in [6.07, 6.45) is 0. The molecule has 0 saturated carbocycles. The summed E-state index contributed by atoms with van der Waals surface area (Å²) in [7, 11) is 0. The Morgan fingerprint density at radius 2 is 2.08 bits per heavy atom. The molecule has 0 aliphatic heterocycles. The maximum atomic E-state index is 13.3. The highest BCUT2D eigenvalue weighted by molar-refractivity contribution is 5.30. The third kappa shape index (κ3) is 1.64.